The molecule has 0 radical (unpaired) electrons. The van der Waals surface area contributed by atoms with Gasteiger partial charge in [0.2, 0.25) is 0 Å². The molecule has 3 nitrogen and oxygen atoms in total. The van der Waals surface area contributed by atoms with Crippen LogP contribution in [0.5, 0.6) is 0 Å². The van der Waals surface area contributed by atoms with Gasteiger partial charge in [0.1, 0.15) is 0 Å². The van der Waals surface area contributed by atoms with Crippen LogP contribution in [0.1, 0.15) is 26.2 Å². The van der Waals surface area contributed by atoms with E-state index in [9.17, 15) is 0 Å². The lowest BCUT2D eigenvalue weighted by molar-refractivity contribution is 0.0871. The summed E-state index contributed by atoms with van der Waals surface area (Å²) < 4.78 is 0. The second kappa shape index (κ2) is 3.88. The average molecular weight is 168 g/mol. The van der Waals surface area contributed by atoms with Crippen molar-refractivity contribution >= 4 is 0 Å². The fourth-order valence-corrected chi connectivity index (χ4v) is 1.41. The molecule has 1 aliphatic rings. The molecule has 0 spiro atoms. The Bertz CT molecular complexity index is 176. The highest BCUT2D eigenvalue weighted by Crippen LogP contribution is 2.31. The van der Waals surface area contributed by atoms with Crippen molar-refractivity contribution in [2.24, 2.45) is 5.92 Å². The summed E-state index contributed by atoms with van der Waals surface area (Å²) in [6.07, 6.45) is 3.28. The van der Waals surface area contributed by atoms with Gasteiger partial charge >= 0.3 is 0 Å². The van der Waals surface area contributed by atoms with Gasteiger partial charge < -0.3 is 10.4 Å². The standard InChI is InChI=1S/C9H16N2O/c1-8(5-10)6-11-9(7-12)3-2-4-9/h8,11-12H,2-4,6-7H2,1H3. The molecule has 1 fully saturated rings. The third-order valence-electron chi connectivity index (χ3n) is 2.62. The van der Waals surface area contributed by atoms with Crippen LogP contribution in [0.4, 0.5) is 0 Å². The quantitative estimate of drug-likeness (QED) is 0.648. The Morgan fingerprint density at radius 2 is 2.33 bits per heavy atom. The van der Waals surface area contributed by atoms with E-state index in [4.69, 9.17) is 10.4 Å². The van der Waals surface area contributed by atoms with E-state index in [1.54, 1.807) is 0 Å². The van der Waals surface area contributed by atoms with Crippen molar-refractivity contribution in [3.63, 3.8) is 0 Å². The second-order valence-corrected chi connectivity index (χ2v) is 3.70. The molecule has 0 aliphatic heterocycles. The van der Waals surface area contributed by atoms with Crippen molar-refractivity contribution in [1.29, 1.82) is 5.26 Å². The van der Waals surface area contributed by atoms with E-state index in [-0.39, 0.29) is 18.1 Å². The average Bonchev–Trinajstić information content (AvgIpc) is 2.03. The molecule has 0 aromatic heterocycles. The van der Waals surface area contributed by atoms with Gasteiger partial charge in [-0.2, -0.15) is 5.26 Å². The lowest BCUT2D eigenvalue weighted by Crippen LogP contribution is -2.54. The fraction of sp³-hybridized carbons (Fsp3) is 0.889. The smallest absolute Gasteiger partial charge is 0.0666 e. The van der Waals surface area contributed by atoms with Gasteiger partial charge in [0.15, 0.2) is 0 Å². The van der Waals surface area contributed by atoms with Crippen LogP contribution in [0.15, 0.2) is 0 Å². The predicted octanol–water partition coefficient (Wildman–Crippen LogP) is 0.651. The van der Waals surface area contributed by atoms with Gasteiger partial charge in [-0.1, -0.05) is 0 Å². The van der Waals surface area contributed by atoms with Gasteiger partial charge in [-0.3, -0.25) is 0 Å². The van der Waals surface area contributed by atoms with Crippen LogP contribution < -0.4 is 5.32 Å². The van der Waals surface area contributed by atoms with Crippen molar-refractivity contribution in [2.45, 2.75) is 31.7 Å². The zero-order valence-corrected chi connectivity index (χ0v) is 7.51. The number of aliphatic hydroxyl groups is 1. The molecule has 0 bridgehead atoms. The molecule has 68 valence electrons. The summed E-state index contributed by atoms with van der Waals surface area (Å²) in [5, 5.41) is 20.9. The molecule has 0 amide bonds. The molecular weight excluding hydrogens is 152 g/mol. The van der Waals surface area contributed by atoms with Crippen LogP contribution >= 0.6 is 0 Å². The minimum absolute atomic E-state index is 0.0361. The third-order valence-corrected chi connectivity index (χ3v) is 2.62. The number of hydrogen-bond donors (Lipinski definition) is 2. The maximum absolute atomic E-state index is 9.08. The van der Waals surface area contributed by atoms with E-state index < -0.39 is 0 Å². The summed E-state index contributed by atoms with van der Waals surface area (Å²) in [7, 11) is 0. The van der Waals surface area contributed by atoms with E-state index in [1.165, 1.54) is 6.42 Å². The molecule has 0 saturated heterocycles. The molecule has 2 N–H and O–H groups in total. The van der Waals surface area contributed by atoms with Gasteiger partial charge in [0.25, 0.3) is 0 Å². The van der Waals surface area contributed by atoms with Gasteiger partial charge in [-0.25, -0.2) is 0 Å². The number of rotatable bonds is 4. The Hall–Kier alpha value is -0.590. The first-order valence-corrected chi connectivity index (χ1v) is 4.48. The first-order chi connectivity index (χ1) is 5.72. The van der Waals surface area contributed by atoms with E-state index in [0.717, 1.165) is 12.8 Å². The van der Waals surface area contributed by atoms with Crippen LogP contribution in [-0.4, -0.2) is 23.8 Å². The Morgan fingerprint density at radius 3 is 2.67 bits per heavy atom. The van der Waals surface area contributed by atoms with Crippen LogP contribution in [-0.2, 0) is 0 Å². The highest BCUT2D eigenvalue weighted by Gasteiger charge is 2.35. The minimum Gasteiger partial charge on any atom is -0.394 e. The van der Waals surface area contributed by atoms with Crippen LogP contribution in [0.3, 0.4) is 0 Å². The number of nitrogens with zero attached hydrogens (tertiary/aromatic N) is 1. The Kier molecular flexibility index (Phi) is 3.07. The zero-order chi connectivity index (χ0) is 9.03. The van der Waals surface area contributed by atoms with Crippen molar-refractivity contribution in [3.05, 3.63) is 0 Å². The van der Waals surface area contributed by atoms with Crippen molar-refractivity contribution < 1.29 is 5.11 Å². The molecule has 0 aromatic rings. The topological polar surface area (TPSA) is 56.0 Å². The van der Waals surface area contributed by atoms with Gasteiger partial charge in [0, 0.05) is 12.1 Å². The zero-order valence-electron chi connectivity index (χ0n) is 7.51. The third kappa shape index (κ3) is 1.96. The first-order valence-electron chi connectivity index (χ1n) is 4.48. The number of nitrogens with one attached hydrogen (secondary N) is 1. The Balaban J connectivity index is 2.25. The number of nitriles is 1. The summed E-state index contributed by atoms with van der Waals surface area (Å²) in [5.41, 5.74) is -0.0505. The molecule has 0 heterocycles. The summed E-state index contributed by atoms with van der Waals surface area (Å²) in [5.74, 6) is 0.0361. The van der Waals surface area contributed by atoms with Gasteiger partial charge in [-0.05, 0) is 26.2 Å². The number of aliphatic hydroxyl groups excluding tert-OH is 1. The van der Waals surface area contributed by atoms with E-state index in [2.05, 4.69) is 11.4 Å². The molecule has 1 unspecified atom stereocenters. The van der Waals surface area contributed by atoms with Crippen molar-refractivity contribution in [3.8, 4) is 6.07 Å². The van der Waals surface area contributed by atoms with Crippen LogP contribution in [0.25, 0.3) is 0 Å². The van der Waals surface area contributed by atoms with Gasteiger partial charge in [-0.15, -0.1) is 0 Å². The summed E-state index contributed by atoms with van der Waals surface area (Å²) >= 11 is 0. The first kappa shape index (κ1) is 9.50. The van der Waals surface area contributed by atoms with Gasteiger partial charge in [0.05, 0.1) is 18.6 Å². The summed E-state index contributed by atoms with van der Waals surface area (Å²) in [6.45, 7) is 2.78. The maximum Gasteiger partial charge on any atom is 0.0666 e. The monoisotopic (exact) mass is 168 g/mol. The van der Waals surface area contributed by atoms with E-state index in [1.807, 2.05) is 6.92 Å². The Labute approximate surface area is 73.4 Å². The number of hydrogen-bond acceptors (Lipinski definition) is 3. The van der Waals surface area contributed by atoms with E-state index >= 15 is 0 Å². The lowest BCUT2D eigenvalue weighted by atomic mass is 9.77. The fourth-order valence-electron chi connectivity index (χ4n) is 1.41. The largest absolute Gasteiger partial charge is 0.394 e. The summed E-state index contributed by atoms with van der Waals surface area (Å²) in [4.78, 5) is 0. The molecule has 1 rings (SSSR count). The lowest BCUT2D eigenvalue weighted by Gasteiger charge is -2.41. The molecule has 0 aromatic carbocycles. The van der Waals surface area contributed by atoms with Crippen LogP contribution in [0.2, 0.25) is 0 Å². The highest BCUT2D eigenvalue weighted by molar-refractivity contribution is 4.96. The molecule has 1 saturated carbocycles. The molecule has 1 aliphatic carbocycles. The molecule has 3 heteroatoms. The molecule has 12 heavy (non-hydrogen) atoms. The minimum atomic E-state index is -0.0505. The summed E-state index contributed by atoms with van der Waals surface area (Å²) in [6, 6.07) is 2.17. The predicted molar refractivity (Wildman–Crippen MR) is 46.4 cm³/mol. The molecule has 1 atom stereocenters. The second-order valence-electron chi connectivity index (χ2n) is 3.70. The van der Waals surface area contributed by atoms with Crippen molar-refractivity contribution in [1.82, 2.24) is 5.32 Å². The van der Waals surface area contributed by atoms with Crippen LogP contribution in [0, 0.1) is 17.2 Å². The molecular formula is C9H16N2O. The SMILES string of the molecule is CC(C#N)CNC1(CO)CCC1. The van der Waals surface area contributed by atoms with E-state index in [0.29, 0.717) is 6.54 Å². The highest BCUT2D eigenvalue weighted by atomic mass is 16.3. The maximum atomic E-state index is 9.08. The van der Waals surface area contributed by atoms with Crippen molar-refractivity contribution in [2.75, 3.05) is 13.2 Å². The normalized spacial score (nSPS) is 22.4. The Morgan fingerprint density at radius 1 is 1.67 bits per heavy atom.